The number of halogens is 1. The molecule has 126 valence electrons. The van der Waals surface area contributed by atoms with Gasteiger partial charge in [0.1, 0.15) is 16.7 Å². The van der Waals surface area contributed by atoms with Crippen molar-refractivity contribution in [2.45, 2.75) is 36.7 Å². The van der Waals surface area contributed by atoms with Gasteiger partial charge in [0.15, 0.2) is 0 Å². The van der Waals surface area contributed by atoms with E-state index in [0.29, 0.717) is 18.1 Å². The number of rotatable bonds is 3. The van der Waals surface area contributed by atoms with E-state index in [2.05, 4.69) is 0 Å². The number of carbonyl (C=O) groups excluding carboxylic acids is 1. The highest BCUT2D eigenvalue weighted by molar-refractivity contribution is 7.89. The Labute approximate surface area is 141 Å². The van der Waals surface area contributed by atoms with Crippen molar-refractivity contribution in [1.82, 2.24) is 9.21 Å². The number of carbonyl (C=O) groups is 1. The molecule has 0 aromatic heterocycles. The zero-order chi connectivity index (χ0) is 16.8. The SMILES string of the molecule is COc1ccc(Cl)cc1S(=O)(=O)N1C[C@H]2CCCN2C(=O)[C@H]1C. The molecule has 2 aliphatic heterocycles. The second-order valence-corrected chi connectivity index (χ2v) is 8.17. The van der Waals surface area contributed by atoms with Crippen molar-refractivity contribution in [3.8, 4) is 5.75 Å². The molecule has 0 radical (unpaired) electrons. The highest BCUT2D eigenvalue weighted by atomic mass is 35.5. The van der Waals surface area contributed by atoms with E-state index < -0.39 is 16.1 Å². The number of hydrogen-bond donors (Lipinski definition) is 0. The van der Waals surface area contributed by atoms with Crippen molar-refractivity contribution in [3.63, 3.8) is 0 Å². The lowest BCUT2D eigenvalue weighted by molar-refractivity contribution is -0.139. The van der Waals surface area contributed by atoms with Crippen LogP contribution in [0.5, 0.6) is 5.75 Å². The fourth-order valence-electron chi connectivity index (χ4n) is 3.33. The predicted octanol–water partition coefficient (Wildman–Crippen LogP) is 1.73. The largest absolute Gasteiger partial charge is 0.495 e. The summed E-state index contributed by atoms with van der Waals surface area (Å²) >= 11 is 5.96. The number of sulfonamides is 1. The maximum atomic E-state index is 13.1. The number of amides is 1. The number of piperazine rings is 1. The van der Waals surface area contributed by atoms with Crippen molar-refractivity contribution < 1.29 is 17.9 Å². The third kappa shape index (κ3) is 2.70. The Hall–Kier alpha value is -1.31. The Morgan fingerprint density at radius 2 is 2.09 bits per heavy atom. The average Bonchev–Trinajstić information content (AvgIpc) is 2.99. The molecule has 0 bridgehead atoms. The summed E-state index contributed by atoms with van der Waals surface area (Å²) < 4.78 is 32.6. The smallest absolute Gasteiger partial charge is 0.247 e. The molecule has 0 N–H and O–H groups in total. The first-order valence-electron chi connectivity index (χ1n) is 7.52. The van der Waals surface area contributed by atoms with E-state index in [9.17, 15) is 13.2 Å². The summed E-state index contributed by atoms with van der Waals surface area (Å²) in [6.45, 7) is 2.65. The Bertz CT molecular complexity index is 737. The summed E-state index contributed by atoms with van der Waals surface area (Å²) in [5.74, 6) is 0.0891. The van der Waals surface area contributed by atoms with Crippen molar-refractivity contribution in [2.24, 2.45) is 0 Å². The van der Waals surface area contributed by atoms with Gasteiger partial charge in [-0.2, -0.15) is 4.31 Å². The Kier molecular flexibility index (Phi) is 4.29. The molecule has 1 aromatic carbocycles. The molecule has 0 aliphatic carbocycles. The summed E-state index contributed by atoms with van der Waals surface area (Å²) in [4.78, 5) is 14.3. The maximum absolute atomic E-state index is 13.1. The molecule has 0 saturated carbocycles. The second-order valence-electron chi connectivity index (χ2n) is 5.87. The van der Waals surface area contributed by atoms with Crippen molar-refractivity contribution >= 4 is 27.5 Å². The van der Waals surface area contributed by atoms with Gasteiger partial charge in [-0.05, 0) is 38.0 Å². The highest BCUT2D eigenvalue weighted by Gasteiger charge is 2.45. The predicted molar refractivity (Wildman–Crippen MR) is 86.1 cm³/mol. The first-order chi connectivity index (χ1) is 10.9. The van der Waals surface area contributed by atoms with Crippen LogP contribution in [0.2, 0.25) is 5.02 Å². The van der Waals surface area contributed by atoms with E-state index in [1.54, 1.807) is 17.9 Å². The first kappa shape index (κ1) is 16.5. The lowest BCUT2D eigenvalue weighted by Crippen LogP contribution is -2.59. The van der Waals surface area contributed by atoms with E-state index in [1.165, 1.54) is 23.5 Å². The van der Waals surface area contributed by atoms with Crippen LogP contribution in [0.4, 0.5) is 0 Å². The van der Waals surface area contributed by atoms with Gasteiger partial charge < -0.3 is 9.64 Å². The zero-order valence-corrected chi connectivity index (χ0v) is 14.6. The van der Waals surface area contributed by atoms with Gasteiger partial charge >= 0.3 is 0 Å². The third-order valence-electron chi connectivity index (χ3n) is 4.55. The molecule has 6 nitrogen and oxygen atoms in total. The molecule has 0 unspecified atom stereocenters. The van der Waals surface area contributed by atoms with E-state index in [0.717, 1.165) is 12.8 Å². The lowest BCUT2D eigenvalue weighted by Gasteiger charge is -2.40. The van der Waals surface area contributed by atoms with Gasteiger partial charge in [0.25, 0.3) is 0 Å². The van der Waals surface area contributed by atoms with Crippen LogP contribution in [0.25, 0.3) is 0 Å². The minimum Gasteiger partial charge on any atom is -0.495 e. The quantitative estimate of drug-likeness (QED) is 0.825. The maximum Gasteiger partial charge on any atom is 0.247 e. The van der Waals surface area contributed by atoms with E-state index in [1.807, 2.05) is 0 Å². The van der Waals surface area contributed by atoms with Crippen LogP contribution in [0.15, 0.2) is 23.1 Å². The summed E-state index contributed by atoms with van der Waals surface area (Å²) in [6, 6.07) is 3.70. The first-order valence-corrected chi connectivity index (χ1v) is 9.34. The number of nitrogens with zero attached hydrogens (tertiary/aromatic N) is 2. The monoisotopic (exact) mass is 358 g/mol. The molecule has 1 amide bonds. The summed E-state index contributed by atoms with van der Waals surface area (Å²) in [6.07, 6.45) is 1.74. The fourth-order valence-corrected chi connectivity index (χ4v) is 5.38. The number of hydrogen-bond acceptors (Lipinski definition) is 4. The standard InChI is InChI=1S/C15H19ClN2O4S/c1-10-15(19)17-7-3-4-12(17)9-18(10)23(20,21)14-8-11(16)5-6-13(14)22-2/h5-6,8,10,12H,3-4,7,9H2,1-2H3/t10-,12-/m1/s1. The molecule has 2 aliphatic rings. The fraction of sp³-hybridized carbons (Fsp3) is 0.533. The van der Waals surface area contributed by atoms with Gasteiger partial charge in [0.2, 0.25) is 15.9 Å². The minimum absolute atomic E-state index is 0.00130. The molecule has 8 heteroatoms. The van der Waals surface area contributed by atoms with Crippen LogP contribution >= 0.6 is 11.6 Å². The molecule has 3 rings (SSSR count). The summed E-state index contributed by atoms with van der Waals surface area (Å²) in [5.41, 5.74) is 0. The molecular formula is C15H19ClN2O4S. The van der Waals surface area contributed by atoms with E-state index in [-0.39, 0.29) is 22.6 Å². The number of fused-ring (bicyclic) bond motifs is 1. The van der Waals surface area contributed by atoms with Gasteiger partial charge in [0.05, 0.1) is 7.11 Å². The van der Waals surface area contributed by atoms with Gasteiger partial charge in [-0.15, -0.1) is 0 Å². The number of ether oxygens (including phenoxy) is 1. The average molecular weight is 359 g/mol. The topological polar surface area (TPSA) is 66.9 Å². The Balaban J connectivity index is 2.02. The van der Waals surface area contributed by atoms with Crippen LogP contribution in [0.1, 0.15) is 19.8 Å². The van der Waals surface area contributed by atoms with Crippen molar-refractivity contribution in [3.05, 3.63) is 23.2 Å². The molecule has 2 heterocycles. The lowest BCUT2D eigenvalue weighted by atomic mass is 10.1. The number of benzene rings is 1. The summed E-state index contributed by atoms with van der Waals surface area (Å²) in [7, 11) is -2.46. The van der Waals surface area contributed by atoms with Crippen molar-refractivity contribution in [2.75, 3.05) is 20.2 Å². The zero-order valence-electron chi connectivity index (χ0n) is 13.0. The molecule has 2 fully saturated rings. The van der Waals surface area contributed by atoms with Crippen LogP contribution in [0, 0.1) is 0 Å². The van der Waals surface area contributed by atoms with E-state index in [4.69, 9.17) is 16.3 Å². The van der Waals surface area contributed by atoms with Crippen LogP contribution < -0.4 is 4.74 Å². The van der Waals surface area contributed by atoms with Crippen molar-refractivity contribution in [1.29, 1.82) is 0 Å². The molecule has 0 spiro atoms. The van der Waals surface area contributed by atoms with Gasteiger partial charge in [0, 0.05) is 24.2 Å². The second kappa shape index (κ2) is 5.96. The molecule has 2 saturated heterocycles. The number of methoxy groups -OCH3 is 1. The normalized spacial score (nSPS) is 25.5. The molecular weight excluding hydrogens is 340 g/mol. The molecule has 1 aromatic rings. The Morgan fingerprint density at radius 3 is 2.78 bits per heavy atom. The van der Waals surface area contributed by atoms with Crippen LogP contribution in [-0.4, -0.2) is 55.8 Å². The van der Waals surface area contributed by atoms with Gasteiger partial charge in [-0.25, -0.2) is 8.42 Å². The molecule has 23 heavy (non-hydrogen) atoms. The van der Waals surface area contributed by atoms with Gasteiger partial charge in [-0.1, -0.05) is 11.6 Å². The molecule has 2 atom stereocenters. The van der Waals surface area contributed by atoms with Gasteiger partial charge in [-0.3, -0.25) is 4.79 Å². The minimum atomic E-state index is -3.87. The third-order valence-corrected chi connectivity index (χ3v) is 6.75. The van der Waals surface area contributed by atoms with E-state index >= 15 is 0 Å². The van der Waals surface area contributed by atoms with Crippen LogP contribution in [-0.2, 0) is 14.8 Å². The summed E-state index contributed by atoms with van der Waals surface area (Å²) in [5, 5.41) is 0.308. The Morgan fingerprint density at radius 1 is 1.35 bits per heavy atom. The van der Waals surface area contributed by atoms with Crippen LogP contribution in [0.3, 0.4) is 0 Å². The highest BCUT2D eigenvalue weighted by Crippen LogP contribution is 2.34.